The minimum absolute atomic E-state index is 0.0874. The number of amides is 2. The topological polar surface area (TPSA) is 278 Å². The van der Waals surface area contributed by atoms with Crippen LogP contribution in [0.4, 0.5) is 13.2 Å². The number of carboxylic acid groups (broad SMARTS) is 1. The smallest absolute Gasteiger partial charge is 0.433 e. The SMILES string of the molecule is CCOC(=O)[C@@]1(Cc2ccc(OCc3ccc(OC)c4nc(C(F)(F)F)ccc34)cc2)C[C@@H]1C(=O)OC.COC(=O)[C@]1(Cc2cccc(OCc3ccccc3)c2)C[C@H]1C(=O)NO.Cc1cc(COc2cccc([C@@]3(C(=O)O)C[C@H]3C(=O)NO)c2)c2ccccc2n1. The summed E-state index contributed by atoms with van der Waals surface area (Å²) in [6.07, 6.45) is -3.06. The molecule has 23 heteroatoms. The summed E-state index contributed by atoms with van der Waals surface area (Å²) in [5.41, 5.74) is 5.70. The Morgan fingerprint density at radius 1 is 0.576 bits per heavy atom. The highest BCUT2D eigenvalue weighted by molar-refractivity contribution is 5.97. The van der Waals surface area contributed by atoms with E-state index >= 15 is 0 Å². The monoisotopic (exact) mass is 1260 g/mol. The summed E-state index contributed by atoms with van der Waals surface area (Å²) < 4.78 is 77.2. The zero-order chi connectivity index (χ0) is 66.0. The minimum Gasteiger partial charge on any atom is -0.494 e. The number of aliphatic carboxylic acids is 1. The van der Waals surface area contributed by atoms with Gasteiger partial charge < -0.3 is 38.3 Å². The van der Waals surface area contributed by atoms with Crippen LogP contribution in [-0.4, -0.2) is 89.1 Å². The zero-order valence-corrected chi connectivity index (χ0v) is 50.8. The fraction of sp³-hybridized carbons (Fsp3) is 0.304. The van der Waals surface area contributed by atoms with Gasteiger partial charge in [0.25, 0.3) is 0 Å². The van der Waals surface area contributed by atoms with Gasteiger partial charge in [0.2, 0.25) is 11.8 Å². The van der Waals surface area contributed by atoms with Crippen molar-refractivity contribution in [3.05, 3.63) is 202 Å². The molecule has 11 rings (SSSR count). The van der Waals surface area contributed by atoms with Crippen molar-refractivity contribution in [3.8, 4) is 23.0 Å². The zero-order valence-electron chi connectivity index (χ0n) is 50.8. The van der Waals surface area contributed by atoms with Crippen LogP contribution < -0.4 is 29.9 Å². The van der Waals surface area contributed by atoms with Crippen LogP contribution in [0.2, 0.25) is 0 Å². The Balaban J connectivity index is 0.000000166. The van der Waals surface area contributed by atoms with Crippen LogP contribution in [0, 0.1) is 35.5 Å². The van der Waals surface area contributed by atoms with Gasteiger partial charge in [-0.25, -0.2) is 15.9 Å². The number of methoxy groups -OCH3 is 3. The number of nitrogens with one attached hydrogen (secondary N) is 2. The van der Waals surface area contributed by atoms with Crippen molar-refractivity contribution in [1.29, 1.82) is 0 Å². The Bertz CT molecular complexity index is 4020. The van der Waals surface area contributed by atoms with Crippen LogP contribution in [-0.2, 0) is 87.2 Å². The third kappa shape index (κ3) is 14.7. The van der Waals surface area contributed by atoms with Gasteiger partial charge in [-0.05, 0) is 134 Å². The molecule has 2 amide bonds. The van der Waals surface area contributed by atoms with Gasteiger partial charge >= 0.3 is 30.1 Å². The Morgan fingerprint density at radius 3 is 1.87 bits per heavy atom. The van der Waals surface area contributed by atoms with Gasteiger partial charge in [-0.15, -0.1) is 0 Å². The summed E-state index contributed by atoms with van der Waals surface area (Å²) in [7, 11) is 3.96. The first-order valence-corrected chi connectivity index (χ1v) is 29.2. The summed E-state index contributed by atoms with van der Waals surface area (Å²) in [5.74, 6) is -3.63. The standard InChI is InChI=1S/C27H26F3NO6.C22H20N2O5.C20H21NO5/c1-4-36-25(33)26(14-20(26)24(32)35-3)13-16-5-8-18(9-6-16)37-15-17-7-11-21(34-2)23-19(17)10-12-22(31-23)27(28,29)30;1-13-9-14(17-7-2-3-8-19(17)23-13)12-29-16-6-4-5-15(10-16)22(21(26)27)11-18(22)20(25)24-28;1-25-19(23)20(12-17(20)18(22)21-24)11-15-8-5-9-16(10-15)26-13-14-6-3-2-4-7-14/h5-12,20H,4,13-15H2,1-3H3;2-10,18,28H,11-12H2,1H3,(H,24,25)(H,26,27);2-10,17,24H,11-13H2,1H3,(H,21,22)/t20-,26+;18-,22-;17-,20+/m100/s1. The summed E-state index contributed by atoms with van der Waals surface area (Å²) in [5, 5.41) is 28.9. The maximum absolute atomic E-state index is 13.1. The largest absolute Gasteiger partial charge is 0.494 e. The second-order valence-electron chi connectivity index (χ2n) is 22.5. The molecule has 3 aliphatic carbocycles. The highest BCUT2D eigenvalue weighted by atomic mass is 19.4. The van der Waals surface area contributed by atoms with Crippen molar-refractivity contribution >= 4 is 57.5 Å². The van der Waals surface area contributed by atoms with Gasteiger partial charge in [0.15, 0.2) is 0 Å². The molecule has 92 heavy (non-hydrogen) atoms. The van der Waals surface area contributed by atoms with E-state index in [0.717, 1.165) is 44.9 Å². The lowest BCUT2D eigenvalue weighted by Crippen LogP contribution is -2.30. The van der Waals surface area contributed by atoms with Gasteiger partial charge in [0.05, 0.1) is 62.0 Å². The van der Waals surface area contributed by atoms with E-state index in [-0.39, 0.29) is 30.9 Å². The fourth-order valence-corrected chi connectivity index (χ4v) is 11.6. The molecule has 0 radical (unpaired) electrons. The number of fused-ring (bicyclic) bond motifs is 2. The van der Waals surface area contributed by atoms with Crippen LogP contribution in [0.3, 0.4) is 0 Å². The molecule has 3 fully saturated rings. The molecule has 8 aromatic rings. The first kappa shape index (κ1) is 66.3. The van der Waals surface area contributed by atoms with Gasteiger partial charge in [0.1, 0.15) is 59.4 Å². The van der Waals surface area contributed by atoms with Crippen LogP contribution in [0.1, 0.15) is 71.0 Å². The molecule has 6 atom stereocenters. The van der Waals surface area contributed by atoms with Crippen molar-refractivity contribution in [2.75, 3.05) is 27.9 Å². The molecule has 0 spiro atoms. The van der Waals surface area contributed by atoms with E-state index in [4.69, 9.17) is 43.6 Å². The number of aryl methyl sites for hydroxylation is 1. The quantitative estimate of drug-likeness (QED) is 0.0182. The van der Waals surface area contributed by atoms with Crippen LogP contribution in [0.5, 0.6) is 23.0 Å². The number of carboxylic acids is 1. The van der Waals surface area contributed by atoms with Crippen molar-refractivity contribution in [3.63, 3.8) is 0 Å². The molecular weight excluding hydrogens is 1200 g/mol. The number of hydrogen-bond donors (Lipinski definition) is 5. The molecule has 20 nitrogen and oxygen atoms in total. The van der Waals surface area contributed by atoms with Crippen molar-refractivity contribution in [2.45, 2.75) is 77.4 Å². The summed E-state index contributed by atoms with van der Waals surface area (Å²) >= 11 is 0. The summed E-state index contributed by atoms with van der Waals surface area (Å²) in [6, 6.07) is 46.4. The summed E-state index contributed by atoms with van der Waals surface area (Å²) in [4.78, 5) is 80.5. The van der Waals surface area contributed by atoms with Crippen molar-refractivity contribution < 1.29 is 90.6 Å². The lowest BCUT2D eigenvalue weighted by atomic mass is 9.93. The van der Waals surface area contributed by atoms with E-state index in [0.29, 0.717) is 72.7 Å². The number of esters is 3. The molecule has 2 heterocycles. The Labute approximate surface area is 526 Å². The first-order chi connectivity index (χ1) is 44.2. The molecule has 0 bridgehead atoms. The normalized spacial score (nSPS) is 19.9. The molecule has 5 N–H and O–H groups in total. The predicted molar refractivity (Wildman–Crippen MR) is 325 cm³/mol. The third-order valence-corrected chi connectivity index (χ3v) is 16.7. The van der Waals surface area contributed by atoms with Crippen LogP contribution >= 0.6 is 0 Å². The summed E-state index contributed by atoms with van der Waals surface area (Å²) in [6.45, 7) is 4.69. The number of benzene rings is 6. The van der Waals surface area contributed by atoms with E-state index in [1.165, 1.54) is 27.4 Å². The highest BCUT2D eigenvalue weighted by Crippen LogP contribution is 2.58. The number of carbonyl (C=O) groups excluding carboxylic acids is 5. The number of ether oxygens (including phenoxy) is 7. The van der Waals surface area contributed by atoms with Gasteiger partial charge in [-0.1, -0.05) is 97.1 Å². The number of aromatic nitrogens is 2. The minimum atomic E-state index is -4.57. The number of nitrogens with zero attached hydrogens (tertiary/aromatic N) is 2. The van der Waals surface area contributed by atoms with Crippen LogP contribution in [0.25, 0.3) is 21.8 Å². The predicted octanol–water partition coefficient (Wildman–Crippen LogP) is 10.6. The Hall–Kier alpha value is -10.1. The van der Waals surface area contributed by atoms with E-state index in [2.05, 4.69) is 9.97 Å². The molecule has 480 valence electrons. The average molecular weight is 1270 g/mol. The van der Waals surface area contributed by atoms with Gasteiger partial charge in [-0.2, -0.15) is 13.2 Å². The maximum Gasteiger partial charge on any atom is 0.433 e. The Kier molecular flexibility index (Phi) is 20.4. The van der Waals surface area contributed by atoms with Gasteiger partial charge in [-0.3, -0.25) is 44.2 Å². The third-order valence-electron chi connectivity index (χ3n) is 16.7. The molecule has 0 saturated heterocycles. The Morgan fingerprint density at radius 2 is 1.20 bits per heavy atom. The number of carbonyl (C=O) groups is 6. The van der Waals surface area contributed by atoms with E-state index in [1.54, 1.807) is 78.5 Å². The number of hydroxylamine groups is 2. The molecule has 2 aromatic heterocycles. The number of halogens is 3. The highest BCUT2D eigenvalue weighted by Gasteiger charge is 2.67. The lowest BCUT2D eigenvalue weighted by Gasteiger charge is -2.16. The number of para-hydroxylation sites is 1. The molecule has 3 saturated carbocycles. The van der Waals surface area contributed by atoms with Crippen LogP contribution in [0.15, 0.2) is 158 Å². The van der Waals surface area contributed by atoms with Crippen molar-refractivity contribution in [1.82, 2.24) is 20.9 Å². The first-order valence-electron chi connectivity index (χ1n) is 29.2. The number of alkyl halides is 3. The average Bonchev–Trinajstić information content (AvgIpc) is 1.58. The lowest BCUT2D eigenvalue weighted by molar-refractivity contribution is -0.154. The second-order valence-corrected chi connectivity index (χ2v) is 22.5. The van der Waals surface area contributed by atoms with E-state index < -0.39 is 81.6 Å². The molecular formula is C69H67F3N4O16. The maximum atomic E-state index is 13.1. The van der Waals surface area contributed by atoms with Gasteiger partial charge in [0, 0.05) is 22.0 Å². The fourth-order valence-electron chi connectivity index (χ4n) is 11.6. The molecule has 6 aromatic carbocycles. The van der Waals surface area contributed by atoms with E-state index in [1.807, 2.05) is 91.9 Å². The number of hydrogen-bond acceptors (Lipinski definition) is 17. The molecule has 0 unspecified atom stereocenters. The molecule has 0 aliphatic heterocycles. The number of rotatable bonds is 22. The van der Waals surface area contributed by atoms with E-state index in [9.17, 15) is 47.0 Å². The van der Waals surface area contributed by atoms with Crippen molar-refractivity contribution in [2.24, 2.45) is 28.6 Å². The molecule has 3 aliphatic rings. The second kappa shape index (κ2) is 28.4. The number of pyridine rings is 2.